The summed E-state index contributed by atoms with van der Waals surface area (Å²) in [6.07, 6.45) is 2.47. The van der Waals surface area contributed by atoms with Gasteiger partial charge < -0.3 is 10.0 Å². The number of hydrogen-bond acceptors (Lipinski definition) is 4. The van der Waals surface area contributed by atoms with Crippen LogP contribution in [0.2, 0.25) is 0 Å². The van der Waals surface area contributed by atoms with Crippen molar-refractivity contribution < 1.29 is 19.5 Å². The van der Waals surface area contributed by atoms with Gasteiger partial charge in [-0.05, 0) is 12.8 Å². The minimum Gasteiger partial charge on any atom is -0.480 e. The lowest BCUT2D eigenvalue weighted by molar-refractivity contribution is -0.141. The number of Topliss-reactive ketones (excluding diaryl/α,β-unsaturated/α-hetero) is 1. The topological polar surface area (TPSA) is 74.7 Å². The van der Waals surface area contributed by atoms with Crippen molar-refractivity contribution in [1.29, 1.82) is 0 Å². The van der Waals surface area contributed by atoms with E-state index in [2.05, 4.69) is 0 Å². The van der Waals surface area contributed by atoms with Crippen LogP contribution in [-0.2, 0) is 4.79 Å². The lowest BCUT2D eigenvalue weighted by Gasteiger charge is -2.27. The molecule has 0 bridgehead atoms. The zero-order chi connectivity index (χ0) is 14.3. The first kappa shape index (κ1) is 12.6. The van der Waals surface area contributed by atoms with Gasteiger partial charge in [0.2, 0.25) is 5.78 Å². The van der Waals surface area contributed by atoms with E-state index in [4.69, 9.17) is 0 Å². The monoisotopic (exact) mass is 271 g/mol. The first-order chi connectivity index (χ1) is 9.59. The third-order valence-corrected chi connectivity index (χ3v) is 3.78. The summed E-state index contributed by atoms with van der Waals surface area (Å²) in [4.78, 5) is 37.3. The standard InChI is InChI=1S/C15H13NO4/c17-13-8-12(16-7-3-6-11(16)15(19)20)14(18)10-5-2-1-4-9(10)13/h1-2,4-5,8,11H,3,6-7H2,(H,19,20)/t11-/m0/s1. The molecule has 1 aromatic carbocycles. The lowest BCUT2D eigenvalue weighted by atomic mass is 9.92. The molecule has 1 heterocycles. The van der Waals surface area contributed by atoms with Crippen LogP contribution in [0, 0.1) is 0 Å². The van der Waals surface area contributed by atoms with Crippen molar-refractivity contribution in [2.45, 2.75) is 18.9 Å². The van der Waals surface area contributed by atoms with Crippen molar-refractivity contribution in [3.05, 3.63) is 47.2 Å². The fourth-order valence-corrected chi connectivity index (χ4v) is 2.83. The van der Waals surface area contributed by atoms with Gasteiger partial charge >= 0.3 is 5.97 Å². The summed E-state index contributed by atoms with van der Waals surface area (Å²) in [6, 6.07) is 5.91. The molecule has 1 aliphatic carbocycles. The van der Waals surface area contributed by atoms with Crippen LogP contribution in [0.25, 0.3) is 0 Å². The van der Waals surface area contributed by atoms with Gasteiger partial charge in [0.15, 0.2) is 5.78 Å². The predicted molar refractivity (Wildman–Crippen MR) is 70.5 cm³/mol. The SMILES string of the molecule is O=C1C=C(N2CCC[C@H]2C(=O)O)C(=O)c2ccccc21. The van der Waals surface area contributed by atoms with E-state index in [9.17, 15) is 19.5 Å². The van der Waals surface area contributed by atoms with E-state index in [1.54, 1.807) is 29.2 Å². The molecule has 102 valence electrons. The number of allylic oxidation sites excluding steroid dienone is 2. The second-order valence-electron chi connectivity index (χ2n) is 4.96. The quantitative estimate of drug-likeness (QED) is 0.882. The molecule has 1 N–H and O–H groups in total. The number of carboxylic acids is 1. The number of ketones is 2. The van der Waals surface area contributed by atoms with E-state index in [0.29, 0.717) is 30.5 Å². The molecule has 1 fully saturated rings. The Bertz CT molecular complexity index is 647. The van der Waals surface area contributed by atoms with Crippen LogP contribution in [0.3, 0.4) is 0 Å². The molecule has 5 nitrogen and oxygen atoms in total. The van der Waals surface area contributed by atoms with Gasteiger partial charge in [-0.1, -0.05) is 24.3 Å². The van der Waals surface area contributed by atoms with Gasteiger partial charge in [-0.15, -0.1) is 0 Å². The molecule has 1 aromatic rings. The highest BCUT2D eigenvalue weighted by atomic mass is 16.4. The fourth-order valence-electron chi connectivity index (χ4n) is 2.83. The van der Waals surface area contributed by atoms with E-state index >= 15 is 0 Å². The molecule has 0 unspecified atom stereocenters. The van der Waals surface area contributed by atoms with Crippen LogP contribution in [-0.4, -0.2) is 40.1 Å². The van der Waals surface area contributed by atoms with Crippen LogP contribution >= 0.6 is 0 Å². The number of carbonyl (C=O) groups excluding carboxylic acids is 2. The van der Waals surface area contributed by atoms with E-state index in [-0.39, 0.29) is 17.3 Å². The Labute approximate surface area is 115 Å². The maximum atomic E-state index is 12.5. The van der Waals surface area contributed by atoms with Gasteiger partial charge in [0.25, 0.3) is 0 Å². The number of nitrogens with zero attached hydrogens (tertiary/aromatic N) is 1. The number of carbonyl (C=O) groups is 3. The number of rotatable bonds is 2. The van der Waals surface area contributed by atoms with E-state index in [0.717, 1.165) is 0 Å². The molecule has 2 aliphatic rings. The summed E-state index contributed by atoms with van der Waals surface area (Å²) in [7, 11) is 0. The van der Waals surface area contributed by atoms with Crippen LogP contribution in [0.5, 0.6) is 0 Å². The average molecular weight is 271 g/mol. The lowest BCUT2D eigenvalue weighted by Crippen LogP contribution is -2.39. The van der Waals surface area contributed by atoms with Gasteiger partial charge in [-0.3, -0.25) is 9.59 Å². The first-order valence-corrected chi connectivity index (χ1v) is 6.49. The van der Waals surface area contributed by atoms with Crippen LogP contribution < -0.4 is 0 Å². The summed E-state index contributed by atoms with van der Waals surface area (Å²) in [5.41, 5.74) is 0.942. The zero-order valence-electron chi connectivity index (χ0n) is 10.7. The second-order valence-corrected chi connectivity index (χ2v) is 4.96. The Kier molecular flexibility index (Phi) is 2.89. The maximum absolute atomic E-state index is 12.5. The molecular formula is C15H13NO4. The highest BCUT2D eigenvalue weighted by Crippen LogP contribution is 2.29. The normalized spacial score (nSPS) is 21.7. The van der Waals surface area contributed by atoms with Gasteiger partial charge in [0, 0.05) is 23.7 Å². The second kappa shape index (κ2) is 4.59. The summed E-state index contributed by atoms with van der Waals surface area (Å²) in [6.45, 7) is 0.490. The summed E-state index contributed by atoms with van der Waals surface area (Å²) in [5, 5.41) is 9.20. The zero-order valence-corrected chi connectivity index (χ0v) is 10.7. The molecule has 5 heteroatoms. The van der Waals surface area contributed by atoms with Gasteiger partial charge in [-0.2, -0.15) is 0 Å². The molecule has 0 radical (unpaired) electrons. The molecule has 3 rings (SSSR count). The van der Waals surface area contributed by atoms with E-state index < -0.39 is 12.0 Å². The number of benzene rings is 1. The Morgan fingerprint density at radius 1 is 1.20 bits per heavy atom. The number of hydrogen-bond donors (Lipinski definition) is 1. The van der Waals surface area contributed by atoms with Crippen LogP contribution in [0.1, 0.15) is 33.6 Å². The van der Waals surface area contributed by atoms with Gasteiger partial charge in [0.05, 0.1) is 5.70 Å². The first-order valence-electron chi connectivity index (χ1n) is 6.49. The van der Waals surface area contributed by atoms with Crippen LogP contribution in [0.4, 0.5) is 0 Å². The highest BCUT2D eigenvalue weighted by molar-refractivity contribution is 6.24. The largest absolute Gasteiger partial charge is 0.480 e. The minimum absolute atomic E-state index is 0.207. The molecule has 1 atom stereocenters. The molecular weight excluding hydrogens is 258 g/mol. The summed E-state index contributed by atoms with van der Waals surface area (Å²) in [5.74, 6) is -1.47. The molecule has 0 spiro atoms. The Morgan fingerprint density at radius 3 is 2.60 bits per heavy atom. The Balaban J connectivity index is 2.02. The predicted octanol–water partition coefficient (Wildman–Crippen LogP) is 1.50. The molecule has 1 aliphatic heterocycles. The van der Waals surface area contributed by atoms with E-state index in [1.165, 1.54) is 6.08 Å². The fraction of sp³-hybridized carbons (Fsp3) is 0.267. The Hall–Kier alpha value is -2.43. The Morgan fingerprint density at radius 2 is 1.90 bits per heavy atom. The third kappa shape index (κ3) is 1.82. The molecule has 0 saturated carbocycles. The maximum Gasteiger partial charge on any atom is 0.326 e. The van der Waals surface area contributed by atoms with Crippen molar-refractivity contribution in [2.24, 2.45) is 0 Å². The van der Waals surface area contributed by atoms with Crippen molar-refractivity contribution in [2.75, 3.05) is 6.54 Å². The van der Waals surface area contributed by atoms with Crippen molar-refractivity contribution >= 4 is 17.5 Å². The van der Waals surface area contributed by atoms with Crippen molar-refractivity contribution in [3.8, 4) is 0 Å². The minimum atomic E-state index is -0.956. The average Bonchev–Trinajstić information content (AvgIpc) is 2.92. The van der Waals surface area contributed by atoms with Crippen LogP contribution in [0.15, 0.2) is 36.0 Å². The van der Waals surface area contributed by atoms with Crippen molar-refractivity contribution in [3.63, 3.8) is 0 Å². The number of aliphatic carboxylic acids is 1. The molecule has 0 amide bonds. The summed E-state index contributed by atoms with van der Waals surface area (Å²) < 4.78 is 0. The third-order valence-electron chi connectivity index (χ3n) is 3.78. The molecule has 20 heavy (non-hydrogen) atoms. The molecule has 1 saturated heterocycles. The number of carboxylic acid groups (broad SMARTS) is 1. The van der Waals surface area contributed by atoms with Crippen molar-refractivity contribution in [1.82, 2.24) is 4.90 Å². The van der Waals surface area contributed by atoms with Gasteiger partial charge in [0.1, 0.15) is 6.04 Å². The van der Waals surface area contributed by atoms with E-state index in [1.807, 2.05) is 0 Å². The number of fused-ring (bicyclic) bond motifs is 1. The molecule has 0 aromatic heterocycles. The number of likely N-dealkylation sites (tertiary alicyclic amines) is 1. The van der Waals surface area contributed by atoms with Gasteiger partial charge in [-0.25, -0.2) is 4.79 Å². The summed E-state index contributed by atoms with van der Waals surface area (Å²) >= 11 is 0. The highest BCUT2D eigenvalue weighted by Gasteiger charge is 2.37. The smallest absolute Gasteiger partial charge is 0.326 e.